The maximum atomic E-state index is 13.4. The second-order valence-corrected chi connectivity index (χ2v) is 9.81. The molecule has 3 aromatic heterocycles. The minimum Gasteiger partial charge on any atom is -0.420 e. The van der Waals surface area contributed by atoms with E-state index in [1.165, 1.54) is 15.6 Å². The number of rotatable bonds is 4. The molecule has 0 bridgehead atoms. The molecule has 0 saturated carbocycles. The molecule has 1 aliphatic rings. The summed E-state index contributed by atoms with van der Waals surface area (Å²) in [6.07, 6.45) is 3.16. The third-order valence-corrected chi connectivity index (χ3v) is 7.87. The fourth-order valence-electron chi connectivity index (χ4n) is 3.69. The Hall–Kier alpha value is -2.62. The molecule has 1 fully saturated rings. The molecule has 0 radical (unpaired) electrons. The second kappa shape index (κ2) is 7.33. The van der Waals surface area contributed by atoms with Gasteiger partial charge in [-0.1, -0.05) is 24.3 Å². The first-order valence-corrected chi connectivity index (χ1v) is 11.7. The van der Waals surface area contributed by atoms with E-state index < -0.39 is 10.0 Å². The van der Waals surface area contributed by atoms with E-state index in [1.807, 2.05) is 29.6 Å². The molecule has 148 valence electrons. The van der Waals surface area contributed by atoms with Crippen molar-refractivity contribution in [2.45, 2.75) is 23.7 Å². The third kappa shape index (κ3) is 3.35. The summed E-state index contributed by atoms with van der Waals surface area (Å²) in [6, 6.07) is 12.8. The fourth-order valence-corrected chi connectivity index (χ4v) is 6.02. The second-order valence-electron chi connectivity index (χ2n) is 6.96. The van der Waals surface area contributed by atoms with Crippen LogP contribution >= 0.6 is 11.3 Å². The minimum absolute atomic E-state index is 0.123. The maximum absolute atomic E-state index is 13.4. The van der Waals surface area contributed by atoms with E-state index in [0.29, 0.717) is 30.4 Å². The van der Waals surface area contributed by atoms with E-state index >= 15 is 0 Å². The van der Waals surface area contributed by atoms with Gasteiger partial charge < -0.3 is 4.42 Å². The van der Waals surface area contributed by atoms with Crippen LogP contribution < -0.4 is 0 Å². The molecule has 5 rings (SSSR count). The van der Waals surface area contributed by atoms with Gasteiger partial charge in [0.1, 0.15) is 4.90 Å². The maximum Gasteiger partial charge on any atom is 0.257 e. The number of pyridine rings is 1. The standard InChI is InChI=1S/C20H18N4O3S2/c25-29(26,17-9-1-5-14-6-2-10-21-18(14)17)24-11-3-7-15(13-24)19-22-23-20(27-19)16-8-4-12-28-16/h1-2,4-6,8-10,12,15H,3,7,11,13H2/t15-/m0/s1. The van der Waals surface area contributed by atoms with Gasteiger partial charge in [-0.05, 0) is 36.4 Å². The Kier molecular flexibility index (Phi) is 4.65. The molecule has 1 aliphatic heterocycles. The summed E-state index contributed by atoms with van der Waals surface area (Å²) >= 11 is 1.53. The van der Waals surface area contributed by atoms with Gasteiger partial charge in [-0.25, -0.2) is 8.42 Å². The van der Waals surface area contributed by atoms with Crippen LogP contribution in [0.2, 0.25) is 0 Å². The van der Waals surface area contributed by atoms with Crippen molar-refractivity contribution in [2.24, 2.45) is 0 Å². The Balaban J connectivity index is 1.44. The normalized spacial score (nSPS) is 18.3. The lowest BCUT2D eigenvalue weighted by Gasteiger charge is -2.30. The molecule has 0 unspecified atom stereocenters. The first-order chi connectivity index (χ1) is 14.1. The van der Waals surface area contributed by atoms with Gasteiger partial charge in [0.05, 0.1) is 16.3 Å². The number of benzene rings is 1. The molecular weight excluding hydrogens is 408 g/mol. The van der Waals surface area contributed by atoms with Gasteiger partial charge in [0, 0.05) is 24.7 Å². The van der Waals surface area contributed by atoms with Gasteiger partial charge in [0.2, 0.25) is 15.9 Å². The van der Waals surface area contributed by atoms with Crippen molar-refractivity contribution in [3.05, 3.63) is 59.9 Å². The highest BCUT2D eigenvalue weighted by molar-refractivity contribution is 7.89. The van der Waals surface area contributed by atoms with Gasteiger partial charge in [0.25, 0.3) is 5.89 Å². The van der Waals surface area contributed by atoms with Crippen LogP contribution in [-0.2, 0) is 10.0 Å². The Morgan fingerprint density at radius 3 is 2.86 bits per heavy atom. The third-order valence-electron chi connectivity index (χ3n) is 5.12. The number of nitrogens with zero attached hydrogens (tertiary/aromatic N) is 4. The molecule has 0 amide bonds. The summed E-state index contributed by atoms with van der Waals surface area (Å²) in [5.41, 5.74) is 0.495. The van der Waals surface area contributed by atoms with Crippen molar-refractivity contribution in [1.82, 2.24) is 19.5 Å². The molecule has 9 heteroatoms. The average molecular weight is 427 g/mol. The summed E-state index contributed by atoms with van der Waals surface area (Å²) in [6.45, 7) is 0.783. The Labute approximate surface area is 172 Å². The topological polar surface area (TPSA) is 89.2 Å². The molecule has 0 aliphatic carbocycles. The molecule has 1 atom stereocenters. The van der Waals surface area contributed by atoms with Gasteiger partial charge in [0.15, 0.2) is 0 Å². The molecule has 1 saturated heterocycles. The summed E-state index contributed by atoms with van der Waals surface area (Å²) in [5, 5.41) is 11.1. The Bertz CT molecular complexity index is 1250. The lowest BCUT2D eigenvalue weighted by molar-refractivity contribution is 0.286. The van der Waals surface area contributed by atoms with E-state index in [2.05, 4.69) is 15.2 Å². The lowest BCUT2D eigenvalue weighted by atomic mass is 10.00. The number of para-hydroxylation sites is 1. The zero-order valence-electron chi connectivity index (χ0n) is 15.4. The Morgan fingerprint density at radius 1 is 1.10 bits per heavy atom. The van der Waals surface area contributed by atoms with E-state index in [9.17, 15) is 8.42 Å². The largest absolute Gasteiger partial charge is 0.420 e. The van der Waals surface area contributed by atoms with Crippen molar-refractivity contribution in [1.29, 1.82) is 0 Å². The summed E-state index contributed by atoms with van der Waals surface area (Å²) in [4.78, 5) is 5.45. The van der Waals surface area contributed by atoms with Gasteiger partial charge in [-0.2, -0.15) is 4.31 Å². The van der Waals surface area contributed by atoms with Crippen LogP contribution in [0.25, 0.3) is 21.7 Å². The van der Waals surface area contributed by atoms with Crippen molar-refractivity contribution in [3.8, 4) is 10.8 Å². The highest BCUT2D eigenvalue weighted by Crippen LogP contribution is 2.33. The summed E-state index contributed by atoms with van der Waals surface area (Å²) in [5.74, 6) is 0.847. The van der Waals surface area contributed by atoms with E-state index in [1.54, 1.807) is 24.4 Å². The molecule has 7 nitrogen and oxygen atoms in total. The zero-order valence-corrected chi connectivity index (χ0v) is 17.1. The van der Waals surface area contributed by atoms with Gasteiger partial charge >= 0.3 is 0 Å². The van der Waals surface area contributed by atoms with Crippen molar-refractivity contribution in [2.75, 3.05) is 13.1 Å². The molecule has 4 aromatic rings. The van der Waals surface area contributed by atoms with E-state index in [0.717, 1.165) is 23.1 Å². The van der Waals surface area contributed by atoms with Crippen molar-refractivity contribution >= 4 is 32.3 Å². The SMILES string of the molecule is O=S(=O)(c1cccc2cccnc12)N1CCC[C@H](c2nnc(-c3cccs3)o2)C1. The molecule has 0 N–H and O–H groups in total. The van der Waals surface area contributed by atoms with Crippen LogP contribution in [0.4, 0.5) is 0 Å². The van der Waals surface area contributed by atoms with Gasteiger partial charge in [-0.15, -0.1) is 21.5 Å². The molecule has 0 spiro atoms. The van der Waals surface area contributed by atoms with Crippen LogP contribution in [0.3, 0.4) is 0 Å². The Morgan fingerprint density at radius 2 is 2.00 bits per heavy atom. The smallest absolute Gasteiger partial charge is 0.257 e. The van der Waals surface area contributed by atoms with Crippen LogP contribution in [0.15, 0.2) is 63.4 Å². The number of fused-ring (bicyclic) bond motifs is 1. The number of piperidine rings is 1. The lowest BCUT2D eigenvalue weighted by Crippen LogP contribution is -2.39. The minimum atomic E-state index is -3.68. The quantitative estimate of drug-likeness (QED) is 0.491. The zero-order chi connectivity index (χ0) is 19.8. The highest BCUT2D eigenvalue weighted by Gasteiger charge is 2.34. The predicted molar refractivity (Wildman–Crippen MR) is 110 cm³/mol. The van der Waals surface area contributed by atoms with E-state index in [-0.39, 0.29) is 10.8 Å². The number of hydrogen-bond donors (Lipinski definition) is 0. The van der Waals surface area contributed by atoms with Crippen molar-refractivity contribution in [3.63, 3.8) is 0 Å². The molecular formula is C20H18N4O3S2. The first kappa shape index (κ1) is 18.4. The molecule has 1 aromatic carbocycles. The number of hydrogen-bond acceptors (Lipinski definition) is 7. The predicted octanol–water partition coefficient (Wildman–Crippen LogP) is 3.91. The average Bonchev–Trinajstić information content (AvgIpc) is 3.45. The van der Waals surface area contributed by atoms with Crippen LogP contribution in [0, 0.1) is 0 Å². The van der Waals surface area contributed by atoms with Crippen LogP contribution in [0.5, 0.6) is 0 Å². The van der Waals surface area contributed by atoms with Crippen LogP contribution in [-0.4, -0.2) is 41.0 Å². The molecule has 29 heavy (non-hydrogen) atoms. The number of thiophene rings is 1. The van der Waals surface area contributed by atoms with Crippen LogP contribution in [0.1, 0.15) is 24.7 Å². The van der Waals surface area contributed by atoms with Gasteiger partial charge in [-0.3, -0.25) is 4.98 Å². The number of sulfonamides is 1. The molecule has 4 heterocycles. The highest BCUT2D eigenvalue weighted by atomic mass is 32.2. The van der Waals surface area contributed by atoms with Crippen molar-refractivity contribution < 1.29 is 12.8 Å². The number of aromatic nitrogens is 3. The monoisotopic (exact) mass is 426 g/mol. The first-order valence-electron chi connectivity index (χ1n) is 9.34. The summed E-state index contributed by atoms with van der Waals surface area (Å²) in [7, 11) is -3.68. The fraction of sp³-hybridized carbons (Fsp3) is 0.250. The summed E-state index contributed by atoms with van der Waals surface area (Å²) < 4.78 is 34.2. The van der Waals surface area contributed by atoms with E-state index in [4.69, 9.17) is 4.42 Å².